The molecule has 0 aliphatic carbocycles. The lowest BCUT2D eigenvalue weighted by atomic mass is 10.1. The lowest BCUT2D eigenvalue weighted by Crippen LogP contribution is -2.19. The molecule has 3 rings (SSSR count). The maximum Gasteiger partial charge on any atom is 0.258 e. The van der Waals surface area contributed by atoms with E-state index in [0.717, 1.165) is 5.56 Å². The van der Waals surface area contributed by atoms with Crippen LogP contribution in [0.5, 0.6) is 0 Å². The van der Waals surface area contributed by atoms with Crippen LogP contribution in [0.3, 0.4) is 0 Å². The van der Waals surface area contributed by atoms with Crippen molar-refractivity contribution >= 4 is 28.6 Å². The lowest BCUT2D eigenvalue weighted by Gasteiger charge is -2.11. The molecule has 0 aliphatic heterocycles. The summed E-state index contributed by atoms with van der Waals surface area (Å²) in [4.78, 5) is 28.7. The molecule has 26 heavy (non-hydrogen) atoms. The zero-order valence-corrected chi connectivity index (χ0v) is 14.9. The molecular formula is C19H20N4O3. The molecule has 7 nitrogen and oxygen atoms in total. The van der Waals surface area contributed by atoms with E-state index in [9.17, 15) is 9.59 Å². The Kier molecular flexibility index (Phi) is 4.97. The van der Waals surface area contributed by atoms with Crippen molar-refractivity contribution in [3.05, 3.63) is 52.8 Å². The fourth-order valence-electron chi connectivity index (χ4n) is 2.82. The number of para-hydroxylation sites is 1. The molecule has 0 aliphatic rings. The Labute approximate surface area is 150 Å². The van der Waals surface area contributed by atoms with Crippen LogP contribution >= 0.6 is 0 Å². The summed E-state index contributed by atoms with van der Waals surface area (Å²) in [5.41, 5.74) is 3.68. The summed E-state index contributed by atoms with van der Waals surface area (Å²) >= 11 is 0. The molecule has 134 valence electrons. The van der Waals surface area contributed by atoms with E-state index in [1.807, 2.05) is 24.3 Å². The third-order valence-corrected chi connectivity index (χ3v) is 4.16. The van der Waals surface area contributed by atoms with E-state index in [-0.39, 0.29) is 11.8 Å². The maximum atomic E-state index is 12.9. The first kappa shape index (κ1) is 17.6. The number of amides is 2. The first-order valence-corrected chi connectivity index (χ1v) is 8.33. The summed E-state index contributed by atoms with van der Waals surface area (Å²) in [6.07, 6.45) is 0.889. The number of anilines is 1. The Morgan fingerprint density at radius 1 is 1.19 bits per heavy atom. The number of pyridine rings is 1. The molecule has 3 aromatic rings. The molecule has 0 saturated carbocycles. The van der Waals surface area contributed by atoms with Crippen LogP contribution < -0.4 is 10.6 Å². The van der Waals surface area contributed by atoms with Crippen molar-refractivity contribution in [2.24, 2.45) is 0 Å². The van der Waals surface area contributed by atoms with Gasteiger partial charge in [-0.05, 0) is 38.0 Å². The molecule has 0 unspecified atom stereocenters. The SMILES string of the molecule is CNC(=O)CCc1ccccc1NC(=O)c1cc(C)nc2onc(C)c12. The molecule has 0 bridgehead atoms. The largest absolute Gasteiger partial charge is 0.359 e. The number of carbonyl (C=O) groups excluding carboxylic acids is 2. The van der Waals surface area contributed by atoms with Crippen molar-refractivity contribution in [2.75, 3.05) is 12.4 Å². The maximum absolute atomic E-state index is 12.9. The van der Waals surface area contributed by atoms with Gasteiger partial charge in [-0.1, -0.05) is 23.4 Å². The van der Waals surface area contributed by atoms with Gasteiger partial charge in [0.15, 0.2) is 0 Å². The van der Waals surface area contributed by atoms with Crippen molar-refractivity contribution in [1.29, 1.82) is 0 Å². The van der Waals surface area contributed by atoms with Gasteiger partial charge in [0.05, 0.1) is 16.6 Å². The van der Waals surface area contributed by atoms with E-state index in [1.165, 1.54) is 0 Å². The highest BCUT2D eigenvalue weighted by Gasteiger charge is 2.18. The summed E-state index contributed by atoms with van der Waals surface area (Å²) in [6, 6.07) is 9.17. The second kappa shape index (κ2) is 7.35. The van der Waals surface area contributed by atoms with Crippen LogP contribution in [0, 0.1) is 13.8 Å². The van der Waals surface area contributed by atoms with Gasteiger partial charge in [0.2, 0.25) is 5.91 Å². The molecule has 2 heterocycles. The van der Waals surface area contributed by atoms with Crippen LogP contribution in [0.4, 0.5) is 5.69 Å². The number of nitrogens with one attached hydrogen (secondary N) is 2. The van der Waals surface area contributed by atoms with Crippen LogP contribution in [-0.4, -0.2) is 29.0 Å². The van der Waals surface area contributed by atoms with Gasteiger partial charge in [-0.3, -0.25) is 9.59 Å². The second-order valence-corrected chi connectivity index (χ2v) is 6.04. The number of hydrogen-bond donors (Lipinski definition) is 2. The number of rotatable bonds is 5. The van der Waals surface area contributed by atoms with Crippen molar-refractivity contribution in [3.8, 4) is 0 Å². The highest BCUT2D eigenvalue weighted by atomic mass is 16.5. The van der Waals surface area contributed by atoms with Crippen LogP contribution in [0.2, 0.25) is 0 Å². The molecule has 0 spiro atoms. The van der Waals surface area contributed by atoms with Gasteiger partial charge >= 0.3 is 0 Å². The zero-order valence-electron chi connectivity index (χ0n) is 14.9. The number of aryl methyl sites for hydroxylation is 3. The fraction of sp³-hybridized carbons (Fsp3) is 0.263. The minimum Gasteiger partial charge on any atom is -0.359 e. The predicted molar refractivity (Wildman–Crippen MR) is 98.1 cm³/mol. The summed E-state index contributed by atoms with van der Waals surface area (Å²) in [7, 11) is 1.61. The molecule has 1 aromatic carbocycles. The number of benzene rings is 1. The monoisotopic (exact) mass is 352 g/mol. The van der Waals surface area contributed by atoms with Gasteiger partial charge < -0.3 is 15.2 Å². The fourth-order valence-corrected chi connectivity index (χ4v) is 2.82. The first-order chi connectivity index (χ1) is 12.5. The van der Waals surface area contributed by atoms with Gasteiger partial charge in [-0.2, -0.15) is 0 Å². The Hall–Kier alpha value is -3.22. The summed E-state index contributed by atoms with van der Waals surface area (Å²) in [6.45, 7) is 3.57. The van der Waals surface area contributed by atoms with E-state index >= 15 is 0 Å². The first-order valence-electron chi connectivity index (χ1n) is 8.33. The third-order valence-electron chi connectivity index (χ3n) is 4.16. The smallest absolute Gasteiger partial charge is 0.258 e. The predicted octanol–water partition coefficient (Wildman–Crippen LogP) is 2.77. The van der Waals surface area contributed by atoms with Crippen LogP contribution in [0.1, 0.15) is 33.7 Å². The molecule has 2 aromatic heterocycles. The van der Waals surface area contributed by atoms with Crippen molar-refractivity contribution < 1.29 is 14.1 Å². The summed E-state index contributed by atoms with van der Waals surface area (Å²) in [5, 5.41) is 10.0. The molecule has 0 fully saturated rings. The average Bonchev–Trinajstić information content (AvgIpc) is 3.00. The molecule has 2 N–H and O–H groups in total. The van der Waals surface area contributed by atoms with Gasteiger partial charge in [-0.15, -0.1) is 0 Å². The minimum absolute atomic E-state index is 0.0438. The van der Waals surface area contributed by atoms with Crippen LogP contribution in [-0.2, 0) is 11.2 Å². The Morgan fingerprint density at radius 2 is 1.96 bits per heavy atom. The molecular weight excluding hydrogens is 332 g/mol. The summed E-state index contributed by atoms with van der Waals surface area (Å²) < 4.78 is 5.19. The highest BCUT2D eigenvalue weighted by Crippen LogP contribution is 2.24. The van der Waals surface area contributed by atoms with Crippen LogP contribution in [0.15, 0.2) is 34.9 Å². The van der Waals surface area contributed by atoms with Crippen LogP contribution in [0.25, 0.3) is 11.1 Å². The highest BCUT2D eigenvalue weighted by molar-refractivity contribution is 6.12. The minimum atomic E-state index is -0.265. The van der Waals surface area contributed by atoms with E-state index in [1.54, 1.807) is 27.0 Å². The molecule has 0 radical (unpaired) electrons. The average molecular weight is 352 g/mol. The lowest BCUT2D eigenvalue weighted by molar-refractivity contribution is -0.120. The standard InChI is InChI=1S/C19H20N4O3/c1-11-10-14(17-12(2)23-26-19(17)21-11)18(25)22-15-7-5-4-6-13(15)8-9-16(24)20-3/h4-7,10H,8-9H2,1-3H3,(H,20,24)(H,22,25). The number of aromatic nitrogens is 2. The molecule has 7 heteroatoms. The van der Waals surface area contributed by atoms with Crippen molar-refractivity contribution in [1.82, 2.24) is 15.5 Å². The van der Waals surface area contributed by atoms with E-state index in [2.05, 4.69) is 20.8 Å². The van der Waals surface area contributed by atoms with E-state index in [0.29, 0.717) is 46.6 Å². The Morgan fingerprint density at radius 3 is 2.73 bits per heavy atom. The van der Waals surface area contributed by atoms with E-state index < -0.39 is 0 Å². The third kappa shape index (κ3) is 3.56. The normalized spacial score (nSPS) is 10.7. The Bertz CT molecular complexity index is 978. The molecule has 0 atom stereocenters. The topological polar surface area (TPSA) is 97.1 Å². The number of hydrogen-bond acceptors (Lipinski definition) is 5. The molecule has 0 saturated heterocycles. The van der Waals surface area contributed by atoms with Crippen molar-refractivity contribution in [3.63, 3.8) is 0 Å². The van der Waals surface area contributed by atoms with Crippen molar-refractivity contribution in [2.45, 2.75) is 26.7 Å². The number of carbonyl (C=O) groups is 2. The summed E-state index contributed by atoms with van der Waals surface area (Å²) in [5.74, 6) is -0.308. The molecule has 2 amide bonds. The quantitative estimate of drug-likeness (QED) is 0.736. The van der Waals surface area contributed by atoms with E-state index in [4.69, 9.17) is 4.52 Å². The number of nitrogens with zero attached hydrogens (tertiary/aromatic N) is 2. The number of fused-ring (bicyclic) bond motifs is 1. The van der Waals surface area contributed by atoms with Gasteiger partial charge in [0, 0.05) is 24.8 Å². The van der Waals surface area contributed by atoms with Gasteiger partial charge in [-0.25, -0.2) is 4.98 Å². The van der Waals surface area contributed by atoms with Gasteiger partial charge in [0.1, 0.15) is 0 Å². The van der Waals surface area contributed by atoms with Gasteiger partial charge in [0.25, 0.3) is 11.6 Å². The Balaban J connectivity index is 1.90. The zero-order chi connectivity index (χ0) is 18.7. The second-order valence-electron chi connectivity index (χ2n) is 6.04.